The number of methoxy groups -OCH3 is 1. The molecule has 0 radical (unpaired) electrons. The molecule has 4 aromatic rings. The molecule has 2 heterocycles. The Labute approximate surface area is 233 Å². The van der Waals surface area contributed by atoms with E-state index in [9.17, 15) is 9.18 Å². The van der Waals surface area contributed by atoms with Gasteiger partial charge in [0.25, 0.3) is 0 Å². The molecule has 7 heteroatoms. The van der Waals surface area contributed by atoms with Crippen molar-refractivity contribution in [2.24, 2.45) is 0 Å². The van der Waals surface area contributed by atoms with Crippen LogP contribution in [0.4, 0.5) is 10.1 Å². The minimum absolute atomic E-state index is 0.155. The fourth-order valence-electron chi connectivity index (χ4n) is 5.17. The van der Waals surface area contributed by atoms with Gasteiger partial charge >= 0.3 is 5.97 Å². The van der Waals surface area contributed by atoms with Gasteiger partial charge in [-0.25, -0.2) is 9.18 Å². The number of furan rings is 1. The Kier molecular flexibility index (Phi) is 7.15. The number of carbonyl (C=O) groups is 1. The van der Waals surface area contributed by atoms with Crippen molar-refractivity contribution in [1.82, 2.24) is 0 Å². The van der Waals surface area contributed by atoms with Crippen molar-refractivity contribution < 1.29 is 27.8 Å². The summed E-state index contributed by atoms with van der Waals surface area (Å²) < 4.78 is 36.8. The van der Waals surface area contributed by atoms with Gasteiger partial charge in [-0.1, -0.05) is 18.2 Å². The second kappa shape index (κ2) is 10.6. The van der Waals surface area contributed by atoms with E-state index in [2.05, 4.69) is 32.2 Å². The highest BCUT2D eigenvalue weighted by molar-refractivity contribution is 5.91. The molecule has 0 fully saturated rings. The average Bonchev–Trinajstić information content (AvgIpc) is 3.34. The Bertz CT molecular complexity index is 1630. The third-order valence-electron chi connectivity index (χ3n) is 6.98. The summed E-state index contributed by atoms with van der Waals surface area (Å²) in [5.41, 5.74) is 7.05. The van der Waals surface area contributed by atoms with Crippen LogP contribution < -0.4 is 19.5 Å². The number of carbonyl (C=O) groups excluding carboxylic acids is 1. The molecule has 1 aliphatic rings. The van der Waals surface area contributed by atoms with Gasteiger partial charge in [-0.2, -0.15) is 0 Å². The van der Waals surface area contributed by atoms with Gasteiger partial charge in [0, 0.05) is 40.1 Å². The van der Waals surface area contributed by atoms with E-state index in [1.165, 1.54) is 18.4 Å². The zero-order chi connectivity index (χ0) is 28.6. The molecule has 206 valence electrons. The second-order valence-corrected chi connectivity index (χ2v) is 10.6. The Hall–Kier alpha value is -4.52. The minimum Gasteiger partial charge on any atom is -0.496 e. The monoisotopic (exact) mass is 541 g/mol. The molecule has 3 aromatic carbocycles. The fraction of sp³-hybridized carbons (Fsp3) is 0.242. The first-order chi connectivity index (χ1) is 19.1. The van der Waals surface area contributed by atoms with Gasteiger partial charge in [0.05, 0.1) is 18.9 Å². The number of nitrogens with one attached hydrogen (secondary N) is 1. The highest BCUT2D eigenvalue weighted by atomic mass is 19.1. The molecule has 0 bridgehead atoms. The molecule has 0 saturated heterocycles. The zero-order valence-electron chi connectivity index (χ0n) is 23.5. The average molecular weight is 542 g/mol. The van der Waals surface area contributed by atoms with Crippen molar-refractivity contribution >= 4 is 17.2 Å². The van der Waals surface area contributed by atoms with E-state index in [0.717, 1.165) is 39.1 Å². The Balaban J connectivity index is 1.57. The molecule has 0 saturated carbocycles. The van der Waals surface area contributed by atoms with Crippen molar-refractivity contribution in [3.05, 3.63) is 101 Å². The van der Waals surface area contributed by atoms with Crippen molar-refractivity contribution in [1.29, 1.82) is 0 Å². The second-order valence-electron chi connectivity index (χ2n) is 10.6. The van der Waals surface area contributed by atoms with Crippen molar-refractivity contribution in [3.63, 3.8) is 0 Å². The first-order valence-corrected chi connectivity index (χ1v) is 13.0. The van der Waals surface area contributed by atoms with Crippen LogP contribution in [0.5, 0.6) is 17.2 Å². The number of rotatable bonds is 7. The molecule has 0 unspecified atom stereocenters. The zero-order valence-corrected chi connectivity index (χ0v) is 23.5. The van der Waals surface area contributed by atoms with Crippen molar-refractivity contribution in [2.75, 3.05) is 12.4 Å². The van der Waals surface area contributed by atoms with Crippen LogP contribution in [0.2, 0.25) is 0 Å². The highest BCUT2D eigenvalue weighted by Gasteiger charge is 2.27. The maximum Gasteiger partial charge on any atom is 0.379 e. The van der Waals surface area contributed by atoms with E-state index in [4.69, 9.17) is 18.6 Å². The van der Waals surface area contributed by atoms with Gasteiger partial charge < -0.3 is 23.9 Å². The van der Waals surface area contributed by atoms with E-state index in [1.807, 2.05) is 25.1 Å². The smallest absolute Gasteiger partial charge is 0.379 e. The molecule has 0 aliphatic carbocycles. The van der Waals surface area contributed by atoms with Crippen molar-refractivity contribution in [3.8, 4) is 28.4 Å². The standard InChI is InChI=1S/C33H32FNO5/c1-19-7-8-22(34)15-28(19)39-18-26-24(11-12-27-30(26)21(3)17-33(4,5)35-27)25-10-9-23(16-29(25)37-6)40-32(36)31-20(2)13-14-38-31/h7-17,35H,18H2,1-6H3. The van der Waals surface area contributed by atoms with Crippen LogP contribution in [0.3, 0.4) is 0 Å². The maximum absolute atomic E-state index is 14.0. The SMILES string of the molecule is COc1cc(OC(=O)c2occc2C)ccc1-c1ccc2c(c1COc1cc(F)ccc1C)C(C)=CC(C)(C)N2. The largest absolute Gasteiger partial charge is 0.496 e. The lowest BCUT2D eigenvalue weighted by atomic mass is 9.85. The summed E-state index contributed by atoms with van der Waals surface area (Å²) >= 11 is 0. The normalized spacial score (nSPS) is 13.6. The molecule has 0 spiro atoms. The van der Waals surface area contributed by atoms with E-state index in [0.29, 0.717) is 22.8 Å². The van der Waals surface area contributed by atoms with Crippen LogP contribution >= 0.6 is 0 Å². The number of benzene rings is 3. The summed E-state index contributed by atoms with van der Waals surface area (Å²) in [4.78, 5) is 12.6. The number of ether oxygens (including phenoxy) is 3. The quantitative estimate of drug-likeness (QED) is 0.188. The Morgan fingerprint density at radius 2 is 1.73 bits per heavy atom. The van der Waals surface area contributed by atoms with Gasteiger partial charge in [0.15, 0.2) is 0 Å². The fourth-order valence-corrected chi connectivity index (χ4v) is 5.17. The number of allylic oxidation sites excluding steroid dienone is 1. The number of halogens is 1. The van der Waals surface area contributed by atoms with Crippen LogP contribution in [-0.2, 0) is 6.61 Å². The van der Waals surface area contributed by atoms with Crippen LogP contribution in [-0.4, -0.2) is 18.6 Å². The molecular formula is C33H32FNO5. The maximum atomic E-state index is 14.0. The van der Waals surface area contributed by atoms with Crippen LogP contribution in [0.15, 0.2) is 71.4 Å². The van der Waals surface area contributed by atoms with Gasteiger partial charge in [-0.05, 0) is 81.7 Å². The number of fused-ring (bicyclic) bond motifs is 1. The van der Waals surface area contributed by atoms with Crippen LogP contribution in [0.25, 0.3) is 16.7 Å². The molecule has 1 N–H and O–H groups in total. The third-order valence-corrected chi connectivity index (χ3v) is 6.98. The van der Waals surface area contributed by atoms with E-state index in [-0.39, 0.29) is 23.7 Å². The third kappa shape index (κ3) is 5.32. The molecule has 0 amide bonds. The lowest BCUT2D eigenvalue weighted by molar-refractivity contribution is 0.0700. The number of hydrogen-bond acceptors (Lipinski definition) is 6. The predicted octanol–water partition coefficient (Wildman–Crippen LogP) is 8.12. The Morgan fingerprint density at radius 3 is 2.45 bits per heavy atom. The molecule has 40 heavy (non-hydrogen) atoms. The van der Waals surface area contributed by atoms with Gasteiger partial charge in [0.1, 0.15) is 29.7 Å². The summed E-state index contributed by atoms with van der Waals surface area (Å²) in [5, 5.41) is 3.59. The Morgan fingerprint density at radius 1 is 0.950 bits per heavy atom. The molecule has 6 nitrogen and oxygen atoms in total. The number of anilines is 1. The molecular weight excluding hydrogens is 509 g/mol. The predicted molar refractivity (Wildman–Crippen MR) is 154 cm³/mol. The van der Waals surface area contributed by atoms with Gasteiger partial charge in [-0.15, -0.1) is 0 Å². The number of aryl methyl sites for hydroxylation is 2. The molecule has 1 aliphatic heterocycles. The number of hydrogen-bond donors (Lipinski definition) is 1. The van der Waals surface area contributed by atoms with Gasteiger partial charge in [0.2, 0.25) is 5.76 Å². The summed E-state index contributed by atoms with van der Waals surface area (Å²) in [6.45, 7) is 10.2. The number of esters is 1. The minimum atomic E-state index is -0.583. The topological polar surface area (TPSA) is 69.9 Å². The highest BCUT2D eigenvalue weighted by Crippen LogP contribution is 2.43. The molecule has 0 atom stereocenters. The van der Waals surface area contributed by atoms with Crippen molar-refractivity contribution in [2.45, 2.75) is 46.8 Å². The molecule has 1 aromatic heterocycles. The van der Waals surface area contributed by atoms with Crippen LogP contribution in [0, 0.1) is 19.7 Å². The van der Waals surface area contributed by atoms with E-state index in [1.54, 1.807) is 38.3 Å². The van der Waals surface area contributed by atoms with Crippen LogP contribution in [0.1, 0.15) is 53.6 Å². The summed E-state index contributed by atoms with van der Waals surface area (Å²) in [6, 6.07) is 15.6. The van der Waals surface area contributed by atoms with E-state index >= 15 is 0 Å². The summed E-state index contributed by atoms with van der Waals surface area (Å²) in [5.74, 6) is 0.550. The van der Waals surface area contributed by atoms with Gasteiger partial charge in [-0.3, -0.25) is 0 Å². The lowest BCUT2D eigenvalue weighted by Crippen LogP contribution is -2.32. The lowest BCUT2D eigenvalue weighted by Gasteiger charge is -2.33. The van der Waals surface area contributed by atoms with E-state index < -0.39 is 5.97 Å². The molecule has 5 rings (SSSR count). The first kappa shape index (κ1) is 27.1. The summed E-state index contributed by atoms with van der Waals surface area (Å²) in [6.07, 6.45) is 3.64. The summed E-state index contributed by atoms with van der Waals surface area (Å²) in [7, 11) is 1.57. The first-order valence-electron chi connectivity index (χ1n) is 13.0.